The maximum absolute atomic E-state index is 9.02. The predicted molar refractivity (Wildman–Crippen MR) is 66.7 cm³/mol. The van der Waals surface area contributed by atoms with Gasteiger partial charge >= 0.3 is 0 Å². The van der Waals surface area contributed by atoms with Crippen LogP contribution in [0.4, 0.5) is 0 Å². The normalized spacial score (nSPS) is 32.8. The Morgan fingerprint density at radius 1 is 1.41 bits per heavy atom. The molecule has 1 rings (SSSR count). The predicted octanol–water partition coefficient (Wildman–Crippen LogP) is 1.85. The molecule has 0 aliphatic carbocycles. The van der Waals surface area contributed by atoms with Crippen LogP contribution in [-0.4, -0.2) is 37.5 Å². The van der Waals surface area contributed by atoms with Crippen LogP contribution >= 0.6 is 0 Å². The van der Waals surface area contributed by atoms with Crippen molar-refractivity contribution in [3.8, 4) is 6.07 Å². The average molecular weight is 240 g/mol. The third-order valence-corrected chi connectivity index (χ3v) is 3.41. The maximum atomic E-state index is 9.02. The Labute approximate surface area is 104 Å². The summed E-state index contributed by atoms with van der Waals surface area (Å²) in [5.41, 5.74) is -0.484. The number of ether oxygens (including phenoxy) is 2. The van der Waals surface area contributed by atoms with Gasteiger partial charge in [0.15, 0.2) is 0 Å². The van der Waals surface area contributed by atoms with Crippen LogP contribution < -0.4 is 5.32 Å². The second-order valence-electron chi connectivity index (χ2n) is 5.17. The topological polar surface area (TPSA) is 54.3 Å². The monoisotopic (exact) mass is 240 g/mol. The highest BCUT2D eigenvalue weighted by molar-refractivity contribution is 5.02. The van der Waals surface area contributed by atoms with E-state index in [0.717, 1.165) is 12.8 Å². The van der Waals surface area contributed by atoms with Gasteiger partial charge in [0, 0.05) is 13.0 Å². The highest BCUT2D eigenvalue weighted by Crippen LogP contribution is 2.22. The molecule has 3 unspecified atom stereocenters. The quantitative estimate of drug-likeness (QED) is 0.797. The lowest BCUT2D eigenvalue weighted by Crippen LogP contribution is -2.40. The van der Waals surface area contributed by atoms with Crippen LogP contribution in [0.2, 0.25) is 0 Å². The van der Waals surface area contributed by atoms with E-state index in [0.29, 0.717) is 13.0 Å². The smallest absolute Gasteiger partial charge is 0.105 e. The summed E-state index contributed by atoms with van der Waals surface area (Å²) in [7, 11) is 1.81. The molecule has 1 saturated heterocycles. The summed E-state index contributed by atoms with van der Waals surface area (Å²) in [6, 6.07) is 2.27. The number of nitriles is 1. The molecule has 1 heterocycles. The van der Waals surface area contributed by atoms with Crippen LogP contribution in [0.25, 0.3) is 0 Å². The molecular weight excluding hydrogens is 216 g/mol. The van der Waals surface area contributed by atoms with Crippen molar-refractivity contribution in [1.29, 1.82) is 5.26 Å². The van der Waals surface area contributed by atoms with Crippen molar-refractivity contribution < 1.29 is 9.47 Å². The Balaban J connectivity index is 2.29. The second-order valence-corrected chi connectivity index (χ2v) is 5.17. The van der Waals surface area contributed by atoms with Gasteiger partial charge in [-0.05, 0) is 40.7 Å². The van der Waals surface area contributed by atoms with Crippen LogP contribution in [0.1, 0.15) is 40.0 Å². The second kappa shape index (κ2) is 6.34. The first kappa shape index (κ1) is 14.4. The first-order valence-electron chi connectivity index (χ1n) is 6.36. The standard InChI is InChI=1S/C13H24N2O2/c1-10-7-12(8-11(2)17-10)16-6-5-13(3,9-14)15-4/h10-12,15H,5-8H2,1-4H3. The Hall–Kier alpha value is -0.630. The summed E-state index contributed by atoms with van der Waals surface area (Å²) in [4.78, 5) is 0. The largest absolute Gasteiger partial charge is 0.378 e. The molecule has 1 aliphatic rings. The van der Waals surface area contributed by atoms with Crippen LogP contribution in [-0.2, 0) is 9.47 Å². The summed E-state index contributed by atoms with van der Waals surface area (Å²) in [6.45, 7) is 6.68. The first-order chi connectivity index (χ1) is 7.99. The molecule has 1 fully saturated rings. The lowest BCUT2D eigenvalue weighted by molar-refractivity contribution is -0.103. The number of nitrogens with zero attached hydrogens (tertiary/aromatic N) is 1. The molecule has 4 nitrogen and oxygen atoms in total. The summed E-state index contributed by atoms with van der Waals surface area (Å²) in [5, 5.41) is 12.0. The fraction of sp³-hybridized carbons (Fsp3) is 0.923. The number of nitrogens with one attached hydrogen (secondary N) is 1. The third-order valence-electron chi connectivity index (χ3n) is 3.41. The zero-order valence-electron chi connectivity index (χ0n) is 11.3. The molecule has 4 heteroatoms. The fourth-order valence-electron chi connectivity index (χ4n) is 2.15. The molecule has 0 aromatic carbocycles. The molecule has 0 spiro atoms. The van der Waals surface area contributed by atoms with E-state index in [9.17, 15) is 0 Å². The minimum Gasteiger partial charge on any atom is -0.378 e. The van der Waals surface area contributed by atoms with Gasteiger partial charge in [-0.25, -0.2) is 0 Å². The van der Waals surface area contributed by atoms with Gasteiger partial charge in [0.25, 0.3) is 0 Å². The zero-order chi connectivity index (χ0) is 12.9. The molecule has 0 saturated carbocycles. The van der Waals surface area contributed by atoms with Crippen LogP contribution in [0.5, 0.6) is 0 Å². The van der Waals surface area contributed by atoms with E-state index in [1.54, 1.807) is 0 Å². The molecule has 0 bridgehead atoms. The molecule has 0 radical (unpaired) electrons. The lowest BCUT2D eigenvalue weighted by Gasteiger charge is -2.32. The van der Waals surface area contributed by atoms with Crippen molar-refractivity contribution in [2.75, 3.05) is 13.7 Å². The van der Waals surface area contributed by atoms with E-state index in [1.807, 2.05) is 14.0 Å². The van der Waals surface area contributed by atoms with E-state index in [4.69, 9.17) is 14.7 Å². The third kappa shape index (κ3) is 4.63. The van der Waals surface area contributed by atoms with Gasteiger partial charge in [-0.3, -0.25) is 0 Å². The summed E-state index contributed by atoms with van der Waals surface area (Å²) < 4.78 is 11.5. The number of hydrogen-bond acceptors (Lipinski definition) is 4. The Kier molecular flexibility index (Phi) is 5.38. The maximum Gasteiger partial charge on any atom is 0.105 e. The van der Waals surface area contributed by atoms with Crippen molar-refractivity contribution in [2.45, 2.75) is 63.9 Å². The summed E-state index contributed by atoms with van der Waals surface area (Å²) >= 11 is 0. The molecule has 0 amide bonds. The van der Waals surface area contributed by atoms with E-state index in [1.165, 1.54) is 0 Å². The summed E-state index contributed by atoms with van der Waals surface area (Å²) in [6.07, 6.45) is 3.43. The van der Waals surface area contributed by atoms with Crippen molar-refractivity contribution >= 4 is 0 Å². The molecule has 1 N–H and O–H groups in total. The summed E-state index contributed by atoms with van der Waals surface area (Å²) in [5.74, 6) is 0. The SMILES string of the molecule is CNC(C)(C#N)CCOC1CC(C)OC(C)C1. The molecular formula is C13H24N2O2. The molecule has 3 atom stereocenters. The van der Waals surface area contributed by atoms with Gasteiger partial charge in [0.2, 0.25) is 0 Å². The molecule has 17 heavy (non-hydrogen) atoms. The van der Waals surface area contributed by atoms with Gasteiger partial charge in [0.1, 0.15) is 5.54 Å². The van der Waals surface area contributed by atoms with Gasteiger partial charge in [-0.2, -0.15) is 5.26 Å². The van der Waals surface area contributed by atoms with E-state index >= 15 is 0 Å². The van der Waals surface area contributed by atoms with E-state index in [2.05, 4.69) is 25.2 Å². The van der Waals surface area contributed by atoms with Crippen LogP contribution in [0, 0.1) is 11.3 Å². The van der Waals surface area contributed by atoms with E-state index in [-0.39, 0.29) is 18.3 Å². The lowest BCUT2D eigenvalue weighted by atomic mass is 10.00. The van der Waals surface area contributed by atoms with Crippen molar-refractivity contribution in [1.82, 2.24) is 5.32 Å². The highest BCUT2D eigenvalue weighted by atomic mass is 16.5. The van der Waals surface area contributed by atoms with Gasteiger partial charge < -0.3 is 14.8 Å². The fourth-order valence-corrected chi connectivity index (χ4v) is 2.15. The van der Waals surface area contributed by atoms with Crippen molar-refractivity contribution in [3.63, 3.8) is 0 Å². The Bertz CT molecular complexity index is 267. The van der Waals surface area contributed by atoms with Crippen molar-refractivity contribution in [2.24, 2.45) is 0 Å². The molecule has 0 aromatic heterocycles. The van der Waals surface area contributed by atoms with E-state index < -0.39 is 5.54 Å². The van der Waals surface area contributed by atoms with Gasteiger partial charge in [-0.15, -0.1) is 0 Å². The Morgan fingerprint density at radius 3 is 2.47 bits per heavy atom. The highest BCUT2D eigenvalue weighted by Gasteiger charge is 2.26. The van der Waals surface area contributed by atoms with Crippen LogP contribution in [0.3, 0.4) is 0 Å². The zero-order valence-corrected chi connectivity index (χ0v) is 11.3. The van der Waals surface area contributed by atoms with Gasteiger partial charge in [0.05, 0.1) is 24.4 Å². The number of rotatable bonds is 5. The van der Waals surface area contributed by atoms with Gasteiger partial charge in [-0.1, -0.05) is 0 Å². The average Bonchev–Trinajstić information content (AvgIpc) is 2.27. The minimum absolute atomic E-state index is 0.272. The minimum atomic E-state index is -0.484. The molecule has 1 aliphatic heterocycles. The first-order valence-corrected chi connectivity index (χ1v) is 6.36. The van der Waals surface area contributed by atoms with Crippen LogP contribution in [0.15, 0.2) is 0 Å². The molecule has 0 aromatic rings. The number of hydrogen-bond donors (Lipinski definition) is 1. The molecule has 98 valence electrons. The Morgan fingerprint density at radius 2 is 2.00 bits per heavy atom. The van der Waals surface area contributed by atoms with Crippen molar-refractivity contribution in [3.05, 3.63) is 0 Å².